The second kappa shape index (κ2) is 3.54. The maximum Gasteiger partial charge on any atom is 0.337 e. The zero-order valence-corrected chi connectivity index (χ0v) is 9.13. The topological polar surface area (TPSA) is 97.5 Å². The van der Waals surface area contributed by atoms with Crippen molar-refractivity contribution in [3.8, 4) is 0 Å². The summed E-state index contributed by atoms with van der Waals surface area (Å²) in [6.07, 6.45) is 1.05. The third kappa shape index (κ3) is 2.10. The average molecular weight is 229 g/mol. The van der Waals surface area contributed by atoms with Gasteiger partial charge >= 0.3 is 5.97 Å². The highest BCUT2D eigenvalue weighted by Gasteiger charge is 2.17. The Morgan fingerprint density at radius 1 is 1.40 bits per heavy atom. The van der Waals surface area contributed by atoms with Crippen molar-refractivity contribution in [3.63, 3.8) is 0 Å². The Morgan fingerprint density at radius 2 is 1.93 bits per heavy atom. The molecule has 0 aliphatic carbocycles. The van der Waals surface area contributed by atoms with Crippen LogP contribution in [0, 0.1) is 6.92 Å². The summed E-state index contributed by atoms with van der Waals surface area (Å²) in [5.74, 6) is -1.17. The van der Waals surface area contributed by atoms with E-state index in [1.165, 1.54) is 19.1 Å². The Labute approximate surface area is 87.4 Å². The van der Waals surface area contributed by atoms with Gasteiger partial charge in [-0.3, -0.25) is 0 Å². The summed E-state index contributed by atoms with van der Waals surface area (Å²) < 4.78 is 22.6. The number of carboxylic acid groups (broad SMARTS) is 1. The van der Waals surface area contributed by atoms with Gasteiger partial charge in [-0.1, -0.05) is 0 Å². The molecule has 0 unspecified atom stereocenters. The van der Waals surface area contributed by atoms with Gasteiger partial charge in [0.25, 0.3) is 0 Å². The van der Waals surface area contributed by atoms with Crippen LogP contribution in [0.15, 0.2) is 17.0 Å². The molecule has 0 aliphatic rings. The number of benzene rings is 1. The van der Waals surface area contributed by atoms with Gasteiger partial charge < -0.3 is 10.8 Å². The van der Waals surface area contributed by atoms with Crippen LogP contribution in [0.3, 0.4) is 0 Å². The summed E-state index contributed by atoms with van der Waals surface area (Å²) in [6.45, 7) is 1.48. The molecule has 0 aliphatic heterocycles. The van der Waals surface area contributed by atoms with Gasteiger partial charge in [-0.05, 0) is 24.6 Å². The summed E-state index contributed by atoms with van der Waals surface area (Å²) in [7, 11) is -3.37. The molecule has 0 amide bonds. The molecule has 0 saturated heterocycles. The molecule has 0 bridgehead atoms. The number of nitrogens with two attached hydrogens (primary N) is 1. The summed E-state index contributed by atoms with van der Waals surface area (Å²) in [4.78, 5) is 10.8. The number of rotatable bonds is 2. The number of hydrogen-bond donors (Lipinski definition) is 2. The van der Waals surface area contributed by atoms with Gasteiger partial charge in [-0.15, -0.1) is 0 Å². The van der Waals surface area contributed by atoms with Crippen molar-refractivity contribution in [3.05, 3.63) is 23.3 Å². The van der Waals surface area contributed by atoms with E-state index in [-0.39, 0.29) is 21.7 Å². The van der Waals surface area contributed by atoms with Crippen molar-refractivity contribution in [2.45, 2.75) is 11.8 Å². The Morgan fingerprint density at radius 3 is 2.33 bits per heavy atom. The van der Waals surface area contributed by atoms with Gasteiger partial charge in [0.05, 0.1) is 16.1 Å². The van der Waals surface area contributed by atoms with Crippen LogP contribution in [0.2, 0.25) is 0 Å². The minimum absolute atomic E-state index is 0.00887. The lowest BCUT2D eigenvalue weighted by Crippen LogP contribution is -2.08. The predicted molar refractivity (Wildman–Crippen MR) is 55.7 cm³/mol. The molecule has 0 fully saturated rings. The van der Waals surface area contributed by atoms with Crippen LogP contribution in [-0.2, 0) is 9.84 Å². The molecule has 0 spiro atoms. The maximum atomic E-state index is 11.3. The quantitative estimate of drug-likeness (QED) is 0.727. The van der Waals surface area contributed by atoms with Gasteiger partial charge in [0.15, 0.2) is 9.84 Å². The summed E-state index contributed by atoms with van der Waals surface area (Å²) in [6, 6.07) is 2.45. The van der Waals surface area contributed by atoms with Crippen LogP contribution >= 0.6 is 0 Å². The van der Waals surface area contributed by atoms with Crippen molar-refractivity contribution < 1.29 is 18.3 Å². The first-order chi connectivity index (χ1) is 6.75. The first-order valence-corrected chi connectivity index (χ1v) is 5.96. The molecule has 1 aromatic rings. The van der Waals surface area contributed by atoms with Crippen molar-refractivity contribution in [1.82, 2.24) is 0 Å². The van der Waals surface area contributed by atoms with Crippen molar-refractivity contribution in [2.75, 3.05) is 12.0 Å². The predicted octanol–water partition coefficient (Wildman–Crippen LogP) is 0.679. The lowest BCUT2D eigenvalue weighted by Gasteiger charge is -2.08. The molecule has 82 valence electrons. The molecular formula is C9H11NO4S. The van der Waals surface area contributed by atoms with Crippen molar-refractivity contribution in [1.29, 1.82) is 0 Å². The minimum Gasteiger partial charge on any atom is -0.478 e. The van der Waals surface area contributed by atoms with Crippen LogP contribution in [0.1, 0.15) is 15.9 Å². The van der Waals surface area contributed by atoms with E-state index < -0.39 is 15.8 Å². The molecule has 1 aromatic carbocycles. The van der Waals surface area contributed by atoms with Gasteiger partial charge in [0, 0.05) is 6.26 Å². The highest BCUT2D eigenvalue weighted by Crippen LogP contribution is 2.24. The molecule has 0 saturated carbocycles. The fraction of sp³-hybridized carbons (Fsp3) is 0.222. The Hall–Kier alpha value is -1.56. The van der Waals surface area contributed by atoms with Crippen molar-refractivity contribution >= 4 is 21.5 Å². The molecule has 0 atom stereocenters. The normalized spacial score (nSPS) is 11.3. The largest absolute Gasteiger partial charge is 0.478 e. The van der Waals surface area contributed by atoms with E-state index in [0.717, 1.165) is 6.26 Å². The number of hydrogen-bond acceptors (Lipinski definition) is 4. The minimum atomic E-state index is -3.37. The fourth-order valence-electron chi connectivity index (χ4n) is 1.30. The maximum absolute atomic E-state index is 11.3. The number of carboxylic acids is 1. The van der Waals surface area contributed by atoms with Crippen molar-refractivity contribution in [2.24, 2.45) is 0 Å². The number of nitrogen functional groups attached to an aromatic ring is 1. The molecule has 0 heterocycles. The van der Waals surface area contributed by atoms with E-state index in [9.17, 15) is 13.2 Å². The average Bonchev–Trinajstić information content (AvgIpc) is 2.06. The zero-order chi connectivity index (χ0) is 11.8. The zero-order valence-electron chi connectivity index (χ0n) is 8.31. The van der Waals surface area contributed by atoms with E-state index >= 15 is 0 Å². The number of carbonyl (C=O) groups is 1. The van der Waals surface area contributed by atoms with Crippen LogP contribution in [0.25, 0.3) is 0 Å². The smallest absolute Gasteiger partial charge is 0.337 e. The van der Waals surface area contributed by atoms with Gasteiger partial charge in [0.1, 0.15) is 0 Å². The SMILES string of the molecule is Cc1c(S(C)(=O)=O)ccc(C(=O)O)c1N. The Bertz CT molecular complexity index is 519. The first kappa shape index (κ1) is 11.5. The third-order valence-electron chi connectivity index (χ3n) is 2.10. The second-order valence-electron chi connectivity index (χ2n) is 3.23. The van der Waals surface area contributed by atoms with Crippen LogP contribution in [0.4, 0.5) is 5.69 Å². The fourth-order valence-corrected chi connectivity index (χ4v) is 2.28. The third-order valence-corrected chi connectivity index (χ3v) is 3.34. The first-order valence-electron chi connectivity index (χ1n) is 4.07. The standard InChI is InChI=1S/C9H11NO4S/c1-5-7(15(2,13)14)4-3-6(8(5)10)9(11)12/h3-4H,10H2,1-2H3,(H,11,12). The molecule has 5 nitrogen and oxygen atoms in total. The van der Waals surface area contributed by atoms with Gasteiger partial charge in [-0.25, -0.2) is 13.2 Å². The number of sulfone groups is 1. The van der Waals surface area contributed by atoms with E-state index in [1.54, 1.807) is 0 Å². The molecule has 6 heteroatoms. The lowest BCUT2D eigenvalue weighted by atomic mass is 10.1. The van der Waals surface area contributed by atoms with E-state index in [0.29, 0.717) is 0 Å². The number of anilines is 1. The monoisotopic (exact) mass is 229 g/mol. The van der Waals surface area contributed by atoms with E-state index in [1.807, 2.05) is 0 Å². The lowest BCUT2D eigenvalue weighted by molar-refractivity contribution is 0.0698. The second-order valence-corrected chi connectivity index (χ2v) is 5.21. The van der Waals surface area contributed by atoms with E-state index in [2.05, 4.69) is 0 Å². The van der Waals surface area contributed by atoms with Crippen LogP contribution < -0.4 is 5.73 Å². The highest BCUT2D eigenvalue weighted by atomic mass is 32.2. The molecule has 3 N–H and O–H groups in total. The van der Waals surface area contributed by atoms with Crippen LogP contribution in [-0.4, -0.2) is 25.7 Å². The highest BCUT2D eigenvalue weighted by molar-refractivity contribution is 7.90. The molecular weight excluding hydrogens is 218 g/mol. The summed E-state index contributed by atoms with van der Waals surface area (Å²) in [5.41, 5.74) is 5.72. The molecule has 0 aromatic heterocycles. The number of aromatic carboxylic acids is 1. The molecule has 1 rings (SSSR count). The van der Waals surface area contributed by atoms with Crippen LogP contribution in [0.5, 0.6) is 0 Å². The summed E-state index contributed by atoms with van der Waals surface area (Å²) in [5, 5.41) is 8.75. The van der Waals surface area contributed by atoms with E-state index in [4.69, 9.17) is 10.8 Å². The Balaban J connectivity index is 3.55. The Kier molecular flexibility index (Phi) is 2.72. The van der Waals surface area contributed by atoms with Gasteiger partial charge in [-0.2, -0.15) is 0 Å². The molecule has 0 radical (unpaired) electrons. The van der Waals surface area contributed by atoms with Gasteiger partial charge in [0.2, 0.25) is 0 Å². The summed E-state index contributed by atoms with van der Waals surface area (Å²) >= 11 is 0. The molecule has 15 heavy (non-hydrogen) atoms.